The largest absolute Gasteiger partial charge is 0.411 e. The van der Waals surface area contributed by atoms with Crippen molar-refractivity contribution in [2.45, 2.75) is 45.5 Å². The van der Waals surface area contributed by atoms with Crippen LogP contribution in [0.15, 0.2) is 29.3 Å². The standard InChI is InChI=1S/C18H26F3N3O/c1-2-22-17(23-10-9-14-3-4-14)24-11-15-5-7-16(8-6-15)12-25-13-18(19,20)21/h5-8,14H,2-4,9-13H2,1H3,(H2,22,23,24). The van der Waals surface area contributed by atoms with Gasteiger partial charge in [-0.3, -0.25) is 0 Å². The van der Waals surface area contributed by atoms with Gasteiger partial charge < -0.3 is 15.4 Å². The van der Waals surface area contributed by atoms with Gasteiger partial charge in [0.25, 0.3) is 0 Å². The minimum Gasteiger partial charge on any atom is -0.367 e. The first-order valence-corrected chi connectivity index (χ1v) is 8.71. The fraction of sp³-hybridized carbons (Fsp3) is 0.611. The van der Waals surface area contributed by atoms with Crippen molar-refractivity contribution in [1.82, 2.24) is 10.6 Å². The van der Waals surface area contributed by atoms with Gasteiger partial charge in [0, 0.05) is 13.1 Å². The van der Waals surface area contributed by atoms with Gasteiger partial charge in [-0.05, 0) is 30.4 Å². The molecule has 140 valence electrons. The van der Waals surface area contributed by atoms with Crippen molar-refractivity contribution < 1.29 is 17.9 Å². The van der Waals surface area contributed by atoms with Gasteiger partial charge in [0.1, 0.15) is 6.61 Å². The van der Waals surface area contributed by atoms with E-state index < -0.39 is 12.8 Å². The molecule has 2 rings (SSSR count). The predicted octanol–water partition coefficient (Wildman–Crippen LogP) is 3.62. The highest BCUT2D eigenvalue weighted by Gasteiger charge is 2.27. The second-order valence-corrected chi connectivity index (χ2v) is 6.28. The Morgan fingerprint density at radius 3 is 2.44 bits per heavy atom. The maximum Gasteiger partial charge on any atom is 0.411 e. The van der Waals surface area contributed by atoms with Crippen LogP contribution in [0.3, 0.4) is 0 Å². The molecular weight excluding hydrogens is 331 g/mol. The summed E-state index contributed by atoms with van der Waals surface area (Å²) in [5.41, 5.74) is 1.71. The fourth-order valence-corrected chi connectivity index (χ4v) is 2.34. The highest BCUT2D eigenvalue weighted by Crippen LogP contribution is 2.31. The van der Waals surface area contributed by atoms with E-state index in [2.05, 4.69) is 20.4 Å². The molecule has 1 saturated carbocycles. The number of halogens is 3. The summed E-state index contributed by atoms with van der Waals surface area (Å²) in [6.45, 7) is 2.99. The number of ether oxygens (including phenoxy) is 1. The lowest BCUT2D eigenvalue weighted by Crippen LogP contribution is -2.37. The van der Waals surface area contributed by atoms with Gasteiger partial charge in [-0.25, -0.2) is 4.99 Å². The summed E-state index contributed by atoms with van der Waals surface area (Å²) >= 11 is 0. The number of hydrogen-bond donors (Lipinski definition) is 2. The van der Waals surface area contributed by atoms with E-state index >= 15 is 0 Å². The van der Waals surface area contributed by atoms with E-state index in [1.807, 2.05) is 19.1 Å². The van der Waals surface area contributed by atoms with Crippen LogP contribution in [0.2, 0.25) is 0 Å². The third kappa shape index (κ3) is 8.77. The highest BCUT2D eigenvalue weighted by molar-refractivity contribution is 5.79. The van der Waals surface area contributed by atoms with Crippen molar-refractivity contribution in [2.24, 2.45) is 10.9 Å². The van der Waals surface area contributed by atoms with E-state index in [0.29, 0.717) is 12.1 Å². The minimum atomic E-state index is -4.29. The Kier molecular flexibility index (Phi) is 7.55. The van der Waals surface area contributed by atoms with E-state index in [-0.39, 0.29) is 6.61 Å². The van der Waals surface area contributed by atoms with Gasteiger partial charge in [0.05, 0.1) is 13.2 Å². The third-order valence-corrected chi connectivity index (χ3v) is 3.86. The number of hydrogen-bond acceptors (Lipinski definition) is 2. The quantitative estimate of drug-likeness (QED) is 0.524. The lowest BCUT2D eigenvalue weighted by molar-refractivity contribution is -0.176. The molecule has 0 unspecified atom stereocenters. The van der Waals surface area contributed by atoms with Gasteiger partial charge in [-0.2, -0.15) is 13.2 Å². The van der Waals surface area contributed by atoms with E-state index in [9.17, 15) is 13.2 Å². The monoisotopic (exact) mass is 357 g/mol. The zero-order valence-electron chi connectivity index (χ0n) is 14.5. The van der Waals surface area contributed by atoms with Crippen LogP contribution in [-0.2, 0) is 17.9 Å². The van der Waals surface area contributed by atoms with E-state index in [0.717, 1.165) is 30.5 Å². The Morgan fingerprint density at radius 2 is 1.84 bits per heavy atom. The molecule has 1 aliphatic carbocycles. The van der Waals surface area contributed by atoms with Gasteiger partial charge in [-0.1, -0.05) is 37.1 Å². The number of benzene rings is 1. The van der Waals surface area contributed by atoms with E-state index in [1.54, 1.807) is 12.1 Å². The van der Waals surface area contributed by atoms with Crippen LogP contribution in [0.4, 0.5) is 13.2 Å². The molecule has 0 atom stereocenters. The number of aliphatic imine (C=N–C) groups is 1. The fourth-order valence-electron chi connectivity index (χ4n) is 2.34. The molecular formula is C18H26F3N3O. The van der Waals surface area contributed by atoms with Crippen LogP contribution in [-0.4, -0.2) is 31.8 Å². The highest BCUT2D eigenvalue weighted by atomic mass is 19.4. The Balaban J connectivity index is 1.76. The van der Waals surface area contributed by atoms with Crippen LogP contribution < -0.4 is 10.6 Å². The van der Waals surface area contributed by atoms with Crippen LogP contribution in [0.5, 0.6) is 0 Å². The van der Waals surface area contributed by atoms with Crippen molar-refractivity contribution >= 4 is 5.96 Å². The van der Waals surface area contributed by atoms with Crippen LogP contribution in [0.25, 0.3) is 0 Å². The zero-order valence-corrected chi connectivity index (χ0v) is 14.5. The van der Waals surface area contributed by atoms with E-state index in [4.69, 9.17) is 0 Å². The molecule has 0 heterocycles. The van der Waals surface area contributed by atoms with Crippen molar-refractivity contribution in [3.63, 3.8) is 0 Å². The van der Waals surface area contributed by atoms with E-state index in [1.165, 1.54) is 19.3 Å². The molecule has 2 N–H and O–H groups in total. The summed E-state index contributed by atoms with van der Waals surface area (Å²) in [5.74, 6) is 1.67. The molecule has 1 aromatic carbocycles. The average molecular weight is 357 g/mol. The summed E-state index contributed by atoms with van der Waals surface area (Å²) in [4.78, 5) is 4.54. The molecule has 1 aliphatic rings. The first-order valence-electron chi connectivity index (χ1n) is 8.71. The summed E-state index contributed by atoms with van der Waals surface area (Å²) in [7, 11) is 0. The number of guanidine groups is 1. The molecule has 0 radical (unpaired) electrons. The molecule has 4 nitrogen and oxygen atoms in total. The molecule has 1 aromatic rings. The minimum absolute atomic E-state index is 0.0472. The molecule has 1 fully saturated rings. The lowest BCUT2D eigenvalue weighted by atomic mass is 10.1. The van der Waals surface area contributed by atoms with Gasteiger partial charge in [0.2, 0.25) is 0 Å². The summed E-state index contributed by atoms with van der Waals surface area (Å²) in [5, 5.41) is 6.54. The molecule has 7 heteroatoms. The molecule has 0 aliphatic heterocycles. The average Bonchev–Trinajstić information content (AvgIpc) is 3.37. The Bertz CT molecular complexity index is 539. The number of nitrogens with one attached hydrogen (secondary N) is 2. The topological polar surface area (TPSA) is 45.7 Å². The second-order valence-electron chi connectivity index (χ2n) is 6.28. The summed E-state index contributed by atoms with van der Waals surface area (Å²) < 4.78 is 40.8. The van der Waals surface area contributed by atoms with Crippen molar-refractivity contribution in [2.75, 3.05) is 19.7 Å². The molecule has 0 spiro atoms. The summed E-state index contributed by atoms with van der Waals surface area (Å²) in [6.07, 6.45) is -0.427. The van der Waals surface area contributed by atoms with Crippen LogP contribution in [0, 0.1) is 5.92 Å². The first-order chi connectivity index (χ1) is 12.0. The second kappa shape index (κ2) is 9.65. The number of alkyl halides is 3. The number of nitrogens with zero attached hydrogens (tertiary/aromatic N) is 1. The molecule has 25 heavy (non-hydrogen) atoms. The van der Waals surface area contributed by atoms with Gasteiger partial charge in [0.15, 0.2) is 5.96 Å². The smallest absolute Gasteiger partial charge is 0.367 e. The van der Waals surface area contributed by atoms with Crippen molar-refractivity contribution in [3.8, 4) is 0 Å². The lowest BCUT2D eigenvalue weighted by Gasteiger charge is -2.11. The normalized spacial score (nSPS) is 15.3. The van der Waals surface area contributed by atoms with Crippen LogP contribution in [0.1, 0.15) is 37.3 Å². The molecule has 0 amide bonds. The Hall–Kier alpha value is -1.76. The third-order valence-electron chi connectivity index (χ3n) is 3.86. The van der Waals surface area contributed by atoms with Crippen molar-refractivity contribution in [1.29, 1.82) is 0 Å². The molecule has 0 bridgehead atoms. The SMILES string of the molecule is CCNC(=NCc1ccc(COCC(F)(F)F)cc1)NCCC1CC1. The Morgan fingerprint density at radius 1 is 1.16 bits per heavy atom. The maximum absolute atomic E-state index is 12.0. The maximum atomic E-state index is 12.0. The van der Waals surface area contributed by atoms with Crippen molar-refractivity contribution in [3.05, 3.63) is 35.4 Å². The summed E-state index contributed by atoms with van der Waals surface area (Å²) in [6, 6.07) is 7.27. The van der Waals surface area contributed by atoms with Gasteiger partial charge in [-0.15, -0.1) is 0 Å². The predicted molar refractivity (Wildman–Crippen MR) is 92.3 cm³/mol. The zero-order chi connectivity index (χ0) is 18.1. The molecule has 0 aromatic heterocycles. The Labute approximate surface area is 146 Å². The number of rotatable bonds is 9. The molecule has 0 saturated heterocycles. The van der Waals surface area contributed by atoms with Gasteiger partial charge >= 0.3 is 6.18 Å². The van der Waals surface area contributed by atoms with Crippen LogP contribution >= 0.6 is 0 Å². The first kappa shape index (κ1) is 19.6.